The van der Waals surface area contributed by atoms with Crippen LogP contribution in [0.25, 0.3) is 0 Å². The van der Waals surface area contributed by atoms with E-state index in [1.54, 1.807) is 19.9 Å². The van der Waals surface area contributed by atoms with Crippen LogP contribution in [-0.4, -0.2) is 16.9 Å². The van der Waals surface area contributed by atoms with Gasteiger partial charge < -0.3 is 11.1 Å². The van der Waals surface area contributed by atoms with E-state index < -0.39 is 11.0 Å². The lowest BCUT2D eigenvalue weighted by Crippen LogP contribution is -2.40. The number of aryl methyl sites for hydroxylation is 2. The maximum absolute atomic E-state index is 12.0. The van der Waals surface area contributed by atoms with Gasteiger partial charge in [-0.15, -0.1) is 0 Å². The van der Waals surface area contributed by atoms with Gasteiger partial charge in [-0.3, -0.25) is 14.9 Å². The molecule has 0 spiro atoms. The molecule has 0 bridgehead atoms. The number of rotatable bonds is 5. The van der Waals surface area contributed by atoms with Crippen LogP contribution in [0.3, 0.4) is 0 Å². The molecule has 2 atom stereocenters. The Bertz CT molecular complexity index is 529. The van der Waals surface area contributed by atoms with Gasteiger partial charge in [-0.25, -0.2) is 0 Å². The van der Waals surface area contributed by atoms with E-state index in [1.165, 1.54) is 6.07 Å². The third kappa shape index (κ3) is 3.54. The average Bonchev–Trinajstić information content (AvgIpc) is 2.40. The van der Waals surface area contributed by atoms with Crippen molar-refractivity contribution in [2.45, 2.75) is 40.2 Å². The maximum Gasteiger partial charge on any atom is 0.272 e. The van der Waals surface area contributed by atoms with Gasteiger partial charge in [0.15, 0.2) is 0 Å². The van der Waals surface area contributed by atoms with Crippen LogP contribution in [0.15, 0.2) is 12.1 Å². The van der Waals surface area contributed by atoms with Crippen molar-refractivity contribution in [3.05, 3.63) is 33.4 Å². The zero-order valence-corrected chi connectivity index (χ0v) is 12.3. The quantitative estimate of drug-likeness (QED) is 0.639. The Kier molecular flexibility index (Phi) is 5.21. The number of benzene rings is 1. The molecule has 20 heavy (non-hydrogen) atoms. The van der Waals surface area contributed by atoms with E-state index in [9.17, 15) is 14.9 Å². The van der Waals surface area contributed by atoms with E-state index in [4.69, 9.17) is 5.73 Å². The van der Waals surface area contributed by atoms with Crippen molar-refractivity contribution >= 4 is 17.3 Å². The Morgan fingerprint density at radius 1 is 1.40 bits per heavy atom. The molecule has 0 saturated carbocycles. The lowest BCUT2D eigenvalue weighted by molar-refractivity contribution is -0.385. The fraction of sp³-hybridized carbons (Fsp3) is 0.500. The highest BCUT2D eigenvalue weighted by molar-refractivity contribution is 5.95. The molecule has 110 valence electrons. The van der Waals surface area contributed by atoms with Crippen LogP contribution in [-0.2, 0) is 4.79 Å². The molecule has 0 saturated heterocycles. The van der Waals surface area contributed by atoms with Gasteiger partial charge in [-0.1, -0.05) is 20.3 Å². The molecule has 0 unspecified atom stereocenters. The van der Waals surface area contributed by atoms with Crippen molar-refractivity contribution in [3.63, 3.8) is 0 Å². The first kappa shape index (κ1) is 16.1. The van der Waals surface area contributed by atoms with Gasteiger partial charge in [0.2, 0.25) is 5.91 Å². The van der Waals surface area contributed by atoms with Crippen LogP contribution in [0.2, 0.25) is 0 Å². The Morgan fingerprint density at radius 2 is 2.00 bits per heavy atom. The number of nitrogens with one attached hydrogen (secondary N) is 1. The third-order valence-corrected chi connectivity index (χ3v) is 3.56. The average molecular weight is 279 g/mol. The van der Waals surface area contributed by atoms with E-state index in [1.807, 2.05) is 13.8 Å². The normalized spacial score (nSPS) is 13.7. The molecule has 0 radical (unpaired) electrons. The summed E-state index contributed by atoms with van der Waals surface area (Å²) in [6.45, 7) is 7.25. The minimum atomic E-state index is -0.588. The number of nitrogens with zero attached hydrogens (tertiary/aromatic N) is 1. The van der Waals surface area contributed by atoms with Crippen LogP contribution in [0.1, 0.15) is 31.4 Å². The summed E-state index contributed by atoms with van der Waals surface area (Å²) in [7, 11) is 0. The van der Waals surface area contributed by atoms with Crippen LogP contribution in [0.5, 0.6) is 0 Å². The first-order valence-electron chi connectivity index (χ1n) is 6.60. The number of nitrogens with two attached hydrogens (primary N) is 1. The van der Waals surface area contributed by atoms with Crippen LogP contribution < -0.4 is 11.1 Å². The molecule has 3 N–H and O–H groups in total. The molecule has 1 rings (SSSR count). The summed E-state index contributed by atoms with van der Waals surface area (Å²) >= 11 is 0. The number of carbonyl (C=O) groups is 1. The maximum atomic E-state index is 12.0. The summed E-state index contributed by atoms with van der Waals surface area (Å²) in [4.78, 5) is 22.4. The number of nitro benzene ring substituents is 1. The molecule has 1 aromatic carbocycles. The predicted octanol–water partition coefficient (Wildman–Crippen LogP) is 2.52. The van der Waals surface area contributed by atoms with Crippen molar-refractivity contribution < 1.29 is 9.72 Å². The van der Waals surface area contributed by atoms with Crippen molar-refractivity contribution in [2.75, 3.05) is 5.32 Å². The van der Waals surface area contributed by atoms with E-state index in [-0.39, 0.29) is 17.5 Å². The second-order valence-corrected chi connectivity index (χ2v) is 5.11. The van der Waals surface area contributed by atoms with E-state index in [2.05, 4.69) is 5.32 Å². The third-order valence-electron chi connectivity index (χ3n) is 3.56. The fourth-order valence-corrected chi connectivity index (χ4v) is 1.86. The van der Waals surface area contributed by atoms with Crippen molar-refractivity contribution in [1.29, 1.82) is 0 Å². The first-order valence-corrected chi connectivity index (χ1v) is 6.60. The summed E-state index contributed by atoms with van der Waals surface area (Å²) in [5.74, 6) is -0.190. The number of nitro groups is 1. The minimum absolute atomic E-state index is 0.0479. The smallest absolute Gasteiger partial charge is 0.272 e. The molecule has 0 aromatic heterocycles. The largest absolute Gasteiger partial charge is 0.324 e. The highest BCUT2D eigenvalue weighted by Gasteiger charge is 2.21. The number of carbonyl (C=O) groups excluding carboxylic acids is 1. The van der Waals surface area contributed by atoms with Crippen LogP contribution in [0, 0.1) is 29.9 Å². The molecular weight excluding hydrogens is 258 g/mol. The molecule has 0 aliphatic rings. The SMILES string of the molecule is CC[C@H](C)[C@H](N)C(=O)Nc1cc(C)c([N+](=O)[O-])cc1C. The van der Waals surface area contributed by atoms with E-state index in [0.717, 1.165) is 6.42 Å². The number of anilines is 1. The lowest BCUT2D eigenvalue weighted by Gasteiger charge is -2.18. The summed E-state index contributed by atoms with van der Waals surface area (Å²) in [5, 5.41) is 13.6. The second-order valence-electron chi connectivity index (χ2n) is 5.11. The van der Waals surface area contributed by atoms with E-state index in [0.29, 0.717) is 16.8 Å². The van der Waals surface area contributed by atoms with Crippen molar-refractivity contribution in [1.82, 2.24) is 0 Å². The summed E-state index contributed by atoms with van der Waals surface area (Å²) in [6.07, 6.45) is 0.812. The monoisotopic (exact) mass is 279 g/mol. The van der Waals surface area contributed by atoms with Crippen LogP contribution >= 0.6 is 0 Å². The van der Waals surface area contributed by atoms with Gasteiger partial charge in [-0.2, -0.15) is 0 Å². The topological polar surface area (TPSA) is 98.3 Å². The Hall–Kier alpha value is -1.95. The van der Waals surface area contributed by atoms with E-state index >= 15 is 0 Å². The van der Waals surface area contributed by atoms with Crippen LogP contribution in [0.4, 0.5) is 11.4 Å². The van der Waals surface area contributed by atoms with Gasteiger partial charge in [0.1, 0.15) is 0 Å². The van der Waals surface area contributed by atoms with Crippen molar-refractivity contribution in [3.8, 4) is 0 Å². The number of hydrogen-bond donors (Lipinski definition) is 2. The molecule has 0 heterocycles. The van der Waals surface area contributed by atoms with Gasteiger partial charge >= 0.3 is 0 Å². The first-order chi connectivity index (χ1) is 9.27. The molecular formula is C14H21N3O3. The molecule has 0 fully saturated rings. The molecule has 6 heteroatoms. The minimum Gasteiger partial charge on any atom is -0.324 e. The Labute approximate surface area is 118 Å². The molecule has 0 aliphatic heterocycles. The molecule has 6 nitrogen and oxygen atoms in total. The van der Waals surface area contributed by atoms with Gasteiger partial charge in [0.25, 0.3) is 5.69 Å². The zero-order valence-electron chi connectivity index (χ0n) is 12.3. The predicted molar refractivity (Wildman–Crippen MR) is 78.6 cm³/mol. The Morgan fingerprint density at radius 3 is 2.50 bits per heavy atom. The molecule has 0 aliphatic carbocycles. The van der Waals surface area contributed by atoms with Gasteiger partial charge in [0, 0.05) is 17.3 Å². The fourth-order valence-electron chi connectivity index (χ4n) is 1.86. The number of amides is 1. The Balaban J connectivity index is 2.97. The zero-order chi connectivity index (χ0) is 15.4. The highest BCUT2D eigenvalue weighted by atomic mass is 16.6. The second kappa shape index (κ2) is 6.47. The van der Waals surface area contributed by atoms with Gasteiger partial charge in [-0.05, 0) is 31.4 Å². The molecule has 1 amide bonds. The lowest BCUT2D eigenvalue weighted by atomic mass is 9.99. The molecule has 1 aromatic rings. The summed E-state index contributed by atoms with van der Waals surface area (Å²) < 4.78 is 0. The summed E-state index contributed by atoms with van der Waals surface area (Å²) in [6, 6.07) is 2.48. The van der Waals surface area contributed by atoms with Crippen molar-refractivity contribution in [2.24, 2.45) is 11.7 Å². The highest BCUT2D eigenvalue weighted by Crippen LogP contribution is 2.26. The summed E-state index contributed by atoms with van der Waals surface area (Å²) in [5.41, 5.74) is 7.63. The van der Waals surface area contributed by atoms with Gasteiger partial charge in [0.05, 0.1) is 11.0 Å². The standard InChI is InChI=1S/C14H21N3O3/c1-5-8(2)13(15)14(18)16-11-6-10(4)12(17(19)20)7-9(11)3/h6-8,13H,5,15H2,1-4H3,(H,16,18)/t8-,13-/m0/s1. The number of hydrogen-bond acceptors (Lipinski definition) is 4.